The molecule has 0 heterocycles. The van der Waals surface area contributed by atoms with E-state index in [0.29, 0.717) is 17.8 Å². The highest BCUT2D eigenvalue weighted by Gasteiger charge is 2.17. The number of amides is 1. The van der Waals surface area contributed by atoms with E-state index in [2.05, 4.69) is 5.32 Å². The van der Waals surface area contributed by atoms with Crippen LogP contribution in [0.4, 0.5) is 5.69 Å². The Morgan fingerprint density at radius 1 is 1.04 bits per heavy atom. The van der Waals surface area contributed by atoms with Crippen molar-refractivity contribution < 1.29 is 13.2 Å². The van der Waals surface area contributed by atoms with Crippen molar-refractivity contribution >= 4 is 21.6 Å². The van der Waals surface area contributed by atoms with E-state index in [1.54, 1.807) is 31.2 Å². The topological polar surface area (TPSA) is 66.5 Å². The molecule has 0 aliphatic carbocycles. The summed E-state index contributed by atoms with van der Waals surface area (Å²) in [6.07, 6.45) is 1.95. The fraction of sp³-hybridized carbons (Fsp3) is 0.316. The lowest BCUT2D eigenvalue weighted by Gasteiger charge is -2.21. The Hall–Kier alpha value is -2.34. The number of anilines is 1. The highest BCUT2D eigenvalue weighted by Crippen LogP contribution is 2.20. The average molecular weight is 360 g/mol. The van der Waals surface area contributed by atoms with E-state index < -0.39 is 10.0 Å². The molecule has 0 aliphatic heterocycles. The molecule has 0 saturated carbocycles. The van der Waals surface area contributed by atoms with Gasteiger partial charge in [0.1, 0.15) is 0 Å². The second-order valence-corrected chi connectivity index (χ2v) is 7.73. The van der Waals surface area contributed by atoms with Crippen LogP contribution in [0.5, 0.6) is 0 Å². The van der Waals surface area contributed by atoms with Crippen molar-refractivity contribution in [1.29, 1.82) is 0 Å². The van der Waals surface area contributed by atoms with E-state index >= 15 is 0 Å². The van der Waals surface area contributed by atoms with Gasteiger partial charge < -0.3 is 5.32 Å². The molecule has 0 bridgehead atoms. The quantitative estimate of drug-likeness (QED) is 0.823. The second kappa shape index (κ2) is 8.16. The summed E-state index contributed by atoms with van der Waals surface area (Å²) in [6.45, 7) is 4.13. The van der Waals surface area contributed by atoms with Crippen LogP contribution >= 0.6 is 0 Å². The summed E-state index contributed by atoms with van der Waals surface area (Å²) < 4.78 is 24.8. The van der Waals surface area contributed by atoms with Crippen molar-refractivity contribution in [3.63, 3.8) is 0 Å². The van der Waals surface area contributed by atoms with E-state index in [-0.39, 0.29) is 11.9 Å². The van der Waals surface area contributed by atoms with Crippen LogP contribution in [-0.4, -0.2) is 27.1 Å². The second-order valence-electron chi connectivity index (χ2n) is 5.82. The molecule has 2 aromatic rings. The Bertz CT molecular complexity index is 802. The number of carbonyl (C=O) groups excluding carboxylic acids is 1. The van der Waals surface area contributed by atoms with E-state index in [0.717, 1.165) is 12.0 Å². The van der Waals surface area contributed by atoms with Gasteiger partial charge in [0.05, 0.1) is 18.0 Å². The van der Waals surface area contributed by atoms with Crippen LogP contribution in [-0.2, 0) is 10.0 Å². The van der Waals surface area contributed by atoms with Gasteiger partial charge in [0.25, 0.3) is 5.91 Å². The van der Waals surface area contributed by atoms with E-state index in [9.17, 15) is 13.2 Å². The van der Waals surface area contributed by atoms with Gasteiger partial charge in [-0.3, -0.25) is 9.10 Å². The third-order valence-electron chi connectivity index (χ3n) is 4.02. The van der Waals surface area contributed by atoms with Gasteiger partial charge in [-0.1, -0.05) is 37.3 Å². The van der Waals surface area contributed by atoms with Crippen LogP contribution in [0.15, 0.2) is 54.6 Å². The first-order chi connectivity index (χ1) is 11.9. The van der Waals surface area contributed by atoms with Crippen LogP contribution < -0.4 is 9.62 Å². The third-order valence-corrected chi connectivity index (χ3v) is 5.29. The lowest BCUT2D eigenvalue weighted by atomic mass is 10.0. The average Bonchev–Trinajstić information content (AvgIpc) is 2.60. The normalized spacial score (nSPS) is 12.4. The van der Waals surface area contributed by atoms with Gasteiger partial charge in [-0.2, -0.15) is 0 Å². The largest absolute Gasteiger partial charge is 0.345 e. The molecule has 1 N–H and O–H groups in total. The summed E-state index contributed by atoms with van der Waals surface area (Å²) in [5.41, 5.74) is 2.11. The smallest absolute Gasteiger partial charge is 0.251 e. The van der Waals surface area contributed by atoms with Crippen molar-refractivity contribution in [1.82, 2.24) is 5.32 Å². The molecule has 25 heavy (non-hydrogen) atoms. The van der Waals surface area contributed by atoms with Gasteiger partial charge >= 0.3 is 0 Å². The monoisotopic (exact) mass is 360 g/mol. The van der Waals surface area contributed by atoms with Crippen LogP contribution in [0.3, 0.4) is 0 Å². The maximum absolute atomic E-state index is 12.5. The van der Waals surface area contributed by atoms with Gasteiger partial charge in [0.2, 0.25) is 10.0 Å². The van der Waals surface area contributed by atoms with Crippen LogP contribution in [0.1, 0.15) is 42.2 Å². The van der Waals surface area contributed by atoms with E-state index in [1.807, 2.05) is 37.3 Å². The first-order valence-electron chi connectivity index (χ1n) is 8.30. The maximum atomic E-state index is 12.5. The van der Waals surface area contributed by atoms with Crippen molar-refractivity contribution in [2.45, 2.75) is 26.3 Å². The molecule has 0 unspecified atom stereocenters. The molecule has 0 spiro atoms. The van der Waals surface area contributed by atoms with E-state index in [1.165, 1.54) is 10.6 Å². The predicted octanol–water partition coefficient (Wildman–Crippen LogP) is 3.35. The lowest BCUT2D eigenvalue weighted by Crippen LogP contribution is -2.30. The molecule has 0 aliphatic rings. The minimum absolute atomic E-state index is 0.0588. The van der Waals surface area contributed by atoms with Crippen molar-refractivity contribution in [2.75, 3.05) is 17.1 Å². The van der Waals surface area contributed by atoms with Crippen molar-refractivity contribution in [3.8, 4) is 0 Å². The van der Waals surface area contributed by atoms with Gasteiger partial charge in [-0.05, 0) is 43.2 Å². The summed E-state index contributed by atoms with van der Waals surface area (Å²) in [5, 5.41) is 3.02. The highest BCUT2D eigenvalue weighted by molar-refractivity contribution is 7.92. The summed E-state index contributed by atoms with van der Waals surface area (Å²) in [7, 11) is -3.33. The molecule has 2 rings (SSSR count). The molecule has 0 aromatic heterocycles. The fourth-order valence-corrected chi connectivity index (χ4v) is 3.71. The molecule has 134 valence electrons. The van der Waals surface area contributed by atoms with Crippen LogP contribution in [0, 0.1) is 0 Å². The molecule has 0 saturated heterocycles. The number of nitrogens with zero attached hydrogens (tertiary/aromatic N) is 1. The zero-order valence-electron chi connectivity index (χ0n) is 14.8. The van der Waals surface area contributed by atoms with E-state index in [4.69, 9.17) is 0 Å². The number of hydrogen-bond acceptors (Lipinski definition) is 3. The Labute approximate surface area is 149 Å². The minimum atomic E-state index is -3.33. The van der Waals surface area contributed by atoms with Crippen LogP contribution in [0.2, 0.25) is 0 Å². The van der Waals surface area contributed by atoms with Gasteiger partial charge in [0, 0.05) is 12.1 Å². The molecule has 0 radical (unpaired) electrons. The highest BCUT2D eigenvalue weighted by atomic mass is 32.2. The maximum Gasteiger partial charge on any atom is 0.251 e. The lowest BCUT2D eigenvalue weighted by molar-refractivity contribution is 0.0935. The Kier molecular flexibility index (Phi) is 6.20. The molecule has 1 amide bonds. The first-order valence-corrected chi connectivity index (χ1v) is 10.1. The summed E-state index contributed by atoms with van der Waals surface area (Å²) >= 11 is 0. The standard InChI is InChI=1S/C19H24N2O3S/c1-4-18(15-9-7-6-8-10-15)20-19(22)16-11-13-17(14-12-16)21(5-2)25(3,23)24/h6-14,18H,4-5H2,1-3H3,(H,20,22)/t18-/m1/s1. The molecule has 0 fully saturated rings. The number of benzene rings is 2. The Morgan fingerprint density at radius 3 is 2.12 bits per heavy atom. The number of sulfonamides is 1. The number of nitrogens with one attached hydrogen (secondary N) is 1. The Morgan fingerprint density at radius 2 is 1.64 bits per heavy atom. The summed E-state index contributed by atoms with van der Waals surface area (Å²) in [4.78, 5) is 12.5. The zero-order chi connectivity index (χ0) is 18.4. The van der Waals surface area contributed by atoms with Crippen molar-refractivity contribution in [3.05, 3.63) is 65.7 Å². The van der Waals surface area contributed by atoms with Gasteiger partial charge in [-0.25, -0.2) is 8.42 Å². The summed E-state index contributed by atoms with van der Waals surface area (Å²) in [5.74, 6) is -0.176. The van der Waals surface area contributed by atoms with Gasteiger partial charge in [0.15, 0.2) is 0 Å². The molecule has 2 aromatic carbocycles. The van der Waals surface area contributed by atoms with Crippen LogP contribution in [0.25, 0.3) is 0 Å². The SMILES string of the molecule is CC[C@@H](NC(=O)c1ccc(N(CC)S(C)(=O)=O)cc1)c1ccccc1. The first kappa shape index (κ1) is 19.0. The zero-order valence-corrected chi connectivity index (χ0v) is 15.6. The predicted molar refractivity (Wildman–Crippen MR) is 101 cm³/mol. The molecular weight excluding hydrogens is 336 g/mol. The summed E-state index contributed by atoms with van der Waals surface area (Å²) in [6, 6.07) is 16.4. The molecular formula is C19H24N2O3S. The number of rotatable bonds is 7. The molecule has 6 heteroatoms. The minimum Gasteiger partial charge on any atom is -0.345 e. The molecule has 1 atom stereocenters. The number of hydrogen-bond donors (Lipinski definition) is 1. The number of carbonyl (C=O) groups is 1. The fourth-order valence-electron chi connectivity index (χ4n) is 2.74. The van der Waals surface area contributed by atoms with Gasteiger partial charge in [-0.15, -0.1) is 0 Å². The third kappa shape index (κ3) is 4.82. The Balaban J connectivity index is 2.15. The molecule has 5 nitrogen and oxygen atoms in total. The van der Waals surface area contributed by atoms with Crippen molar-refractivity contribution in [2.24, 2.45) is 0 Å².